The SMILES string of the molecule is O=C(c1ccc2nccnc2c1)N1CCCC2=C[C@@H]3C[C@@H](CN4CCCC[C@H]34)[C@@H]21. The molecule has 2 bridgehead atoms. The molecule has 1 aromatic heterocycles. The number of hydrogen-bond donors (Lipinski definition) is 0. The molecule has 1 amide bonds. The molecule has 2 aromatic rings. The van der Waals surface area contributed by atoms with Gasteiger partial charge >= 0.3 is 0 Å². The Kier molecular flexibility index (Phi) is 4.19. The van der Waals surface area contributed by atoms with Gasteiger partial charge in [-0.3, -0.25) is 19.7 Å². The van der Waals surface area contributed by atoms with Gasteiger partial charge in [0.15, 0.2) is 0 Å². The van der Waals surface area contributed by atoms with E-state index in [1.807, 2.05) is 18.2 Å². The molecule has 4 atom stereocenters. The Morgan fingerprint density at radius 1 is 1.03 bits per heavy atom. The summed E-state index contributed by atoms with van der Waals surface area (Å²) in [4.78, 5) is 27.2. The highest BCUT2D eigenvalue weighted by Crippen LogP contribution is 2.45. The van der Waals surface area contributed by atoms with E-state index >= 15 is 0 Å². The van der Waals surface area contributed by atoms with Crippen molar-refractivity contribution in [3.63, 3.8) is 0 Å². The zero-order chi connectivity index (χ0) is 19.4. The van der Waals surface area contributed by atoms with Crippen LogP contribution in [-0.4, -0.2) is 57.4 Å². The Labute approximate surface area is 171 Å². The summed E-state index contributed by atoms with van der Waals surface area (Å²) in [6, 6.07) is 6.79. The van der Waals surface area contributed by atoms with Crippen LogP contribution in [0.4, 0.5) is 0 Å². The van der Waals surface area contributed by atoms with Crippen molar-refractivity contribution in [2.24, 2.45) is 11.8 Å². The number of nitrogens with zero attached hydrogens (tertiary/aromatic N) is 4. The molecule has 0 saturated carbocycles. The number of amides is 1. The number of fused-ring (bicyclic) bond motifs is 7. The first-order valence-electron chi connectivity index (χ1n) is 11.2. The van der Waals surface area contributed by atoms with Crippen LogP contribution in [0.1, 0.15) is 48.9 Å². The summed E-state index contributed by atoms with van der Waals surface area (Å²) < 4.78 is 0. The Hall–Kier alpha value is -2.27. The molecule has 1 aromatic carbocycles. The van der Waals surface area contributed by atoms with Crippen LogP contribution in [0.15, 0.2) is 42.2 Å². The van der Waals surface area contributed by atoms with Gasteiger partial charge in [-0.1, -0.05) is 18.1 Å². The van der Waals surface area contributed by atoms with Crippen LogP contribution >= 0.6 is 0 Å². The van der Waals surface area contributed by atoms with Crippen LogP contribution in [-0.2, 0) is 0 Å². The van der Waals surface area contributed by atoms with Crippen molar-refractivity contribution in [3.8, 4) is 0 Å². The topological polar surface area (TPSA) is 49.3 Å². The fourth-order valence-electron chi connectivity index (χ4n) is 6.46. The molecule has 6 rings (SSSR count). The molecule has 5 heteroatoms. The Balaban J connectivity index is 1.33. The zero-order valence-corrected chi connectivity index (χ0v) is 16.8. The van der Waals surface area contributed by atoms with E-state index in [1.54, 1.807) is 12.4 Å². The minimum atomic E-state index is 0.160. The molecule has 0 spiro atoms. The van der Waals surface area contributed by atoms with Crippen molar-refractivity contribution >= 4 is 16.9 Å². The zero-order valence-electron chi connectivity index (χ0n) is 16.8. The monoisotopic (exact) mass is 388 g/mol. The number of likely N-dealkylation sites (tertiary alicyclic amines) is 1. The van der Waals surface area contributed by atoms with Gasteiger partial charge in [0.2, 0.25) is 0 Å². The third kappa shape index (κ3) is 2.90. The van der Waals surface area contributed by atoms with E-state index in [-0.39, 0.29) is 11.9 Å². The molecule has 3 saturated heterocycles. The van der Waals surface area contributed by atoms with Crippen LogP contribution in [0.2, 0.25) is 0 Å². The minimum Gasteiger partial charge on any atom is -0.332 e. The standard InChI is InChI=1S/C24H28N4O/c29-24(17-6-7-20-21(14-17)26-9-8-25-20)28-11-3-4-16-12-18-13-19(23(16)28)15-27-10-2-1-5-22(18)27/h6-9,12,14,18-19,22-23H,1-5,10-11,13,15H2/t18-,19+,22-,23-/m1/s1. The molecular formula is C24H28N4O. The van der Waals surface area contributed by atoms with Crippen molar-refractivity contribution in [3.05, 3.63) is 47.8 Å². The van der Waals surface area contributed by atoms with Gasteiger partial charge in [0.1, 0.15) is 0 Å². The van der Waals surface area contributed by atoms with E-state index in [0.717, 1.165) is 48.6 Å². The molecular weight excluding hydrogens is 360 g/mol. The third-order valence-corrected chi connectivity index (χ3v) is 7.63. The van der Waals surface area contributed by atoms with E-state index in [4.69, 9.17) is 0 Å². The van der Waals surface area contributed by atoms with Crippen molar-refractivity contribution in [2.75, 3.05) is 19.6 Å². The lowest BCUT2D eigenvalue weighted by Gasteiger charge is -2.54. The van der Waals surface area contributed by atoms with Crippen molar-refractivity contribution in [1.29, 1.82) is 0 Å². The van der Waals surface area contributed by atoms with E-state index in [1.165, 1.54) is 37.8 Å². The predicted molar refractivity (Wildman–Crippen MR) is 112 cm³/mol. The van der Waals surface area contributed by atoms with Crippen LogP contribution in [0.25, 0.3) is 11.0 Å². The predicted octanol–water partition coefficient (Wildman–Crippen LogP) is 3.67. The lowest BCUT2D eigenvalue weighted by molar-refractivity contribution is 0.00148. The van der Waals surface area contributed by atoms with Gasteiger partial charge in [0.25, 0.3) is 5.91 Å². The Bertz CT molecular complexity index is 986. The number of piperidine rings is 3. The largest absolute Gasteiger partial charge is 0.332 e. The smallest absolute Gasteiger partial charge is 0.254 e. The van der Waals surface area contributed by atoms with E-state index in [2.05, 4.69) is 25.8 Å². The van der Waals surface area contributed by atoms with Gasteiger partial charge in [-0.05, 0) is 68.7 Å². The fraction of sp³-hybridized carbons (Fsp3) is 0.542. The van der Waals surface area contributed by atoms with Gasteiger partial charge in [-0.25, -0.2) is 0 Å². The molecule has 1 aliphatic carbocycles. The molecule has 3 aliphatic heterocycles. The fourth-order valence-corrected chi connectivity index (χ4v) is 6.46. The maximum atomic E-state index is 13.6. The van der Waals surface area contributed by atoms with E-state index < -0.39 is 0 Å². The number of benzene rings is 1. The van der Waals surface area contributed by atoms with Gasteiger partial charge < -0.3 is 4.90 Å². The molecule has 150 valence electrons. The molecule has 5 nitrogen and oxygen atoms in total. The molecule has 0 unspecified atom stereocenters. The highest BCUT2D eigenvalue weighted by Gasteiger charge is 2.46. The number of carbonyl (C=O) groups is 1. The summed E-state index contributed by atoms with van der Waals surface area (Å²) in [5.41, 5.74) is 3.92. The highest BCUT2D eigenvalue weighted by atomic mass is 16.2. The maximum Gasteiger partial charge on any atom is 0.254 e. The molecule has 4 heterocycles. The minimum absolute atomic E-state index is 0.160. The average Bonchev–Trinajstić information content (AvgIpc) is 2.78. The second-order valence-electron chi connectivity index (χ2n) is 9.27. The van der Waals surface area contributed by atoms with Crippen molar-refractivity contribution in [2.45, 2.75) is 50.6 Å². The highest BCUT2D eigenvalue weighted by molar-refractivity contribution is 5.97. The Morgan fingerprint density at radius 2 is 1.93 bits per heavy atom. The summed E-state index contributed by atoms with van der Waals surface area (Å²) in [5, 5.41) is 0. The van der Waals surface area contributed by atoms with Crippen LogP contribution in [0.5, 0.6) is 0 Å². The van der Waals surface area contributed by atoms with Crippen LogP contribution < -0.4 is 0 Å². The number of carbonyl (C=O) groups excluding carboxylic acids is 1. The summed E-state index contributed by atoms with van der Waals surface area (Å²) in [7, 11) is 0. The normalized spacial score (nSPS) is 31.7. The van der Waals surface area contributed by atoms with Crippen LogP contribution in [0, 0.1) is 11.8 Å². The number of rotatable bonds is 1. The molecule has 4 aliphatic rings. The van der Waals surface area contributed by atoms with E-state index in [0.29, 0.717) is 11.8 Å². The first kappa shape index (κ1) is 17.6. The lowest BCUT2D eigenvalue weighted by Crippen LogP contribution is -2.60. The quantitative estimate of drug-likeness (QED) is 0.700. The summed E-state index contributed by atoms with van der Waals surface area (Å²) in [6.45, 7) is 3.27. The second kappa shape index (κ2) is 6.91. The summed E-state index contributed by atoms with van der Waals surface area (Å²) in [5.74, 6) is 1.44. The first-order valence-corrected chi connectivity index (χ1v) is 11.2. The van der Waals surface area contributed by atoms with Gasteiger partial charge in [-0.2, -0.15) is 0 Å². The van der Waals surface area contributed by atoms with Crippen molar-refractivity contribution in [1.82, 2.24) is 19.8 Å². The maximum absolute atomic E-state index is 13.6. The second-order valence-corrected chi connectivity index (χ2v) is 9.27. The molecule has 29 heavy (non-hydrogen) atoms. The average molecular weight is 389 g/mol. The molecule has 0 radical (unpaired) electrons. The molecule has 0 N–H and O–H groups in total. The summed E-state index contributed by atoms with van der Waals surface area (Å²) >= 11 is 0. The van der Waals surface area contributed by atoms with Crippen LogP contribution in [0.3, 0.4) is 0 Å². The number of hydrogen-bond acceptors (Lipinski definition) is 4. The first-order chi connectivity index (χ1) is 14.3. The van der Waals surface area contributed by atoms with Crippen molar-refractivity contribution < 1.29 is 4.79 Å². The van der Waals surface area contributed by atoms with E-state index in [9.17, 15) is 4.79 Å². The third-order valence-electron chi connectivity index (χ3n) is 7.63. The van der Waals surface area contributed by atoms with Gasteiger partial charge in [0.05, 0.1) is 17.1 Å². The Morgan fingerprint density at radius 3 is 2.86 bits per heavy atom. The van der Waals surface area contributed by atoms with Gasteiger partial charge in [-0.15, -0.1) is 0 Å². The summed E-state index contributed by atoms with van der Waals surface area (Å²) in [6.07, 6.45) is 13.5. The van der Waals surface area contributed by atoms with Gasteiger partial charge in [0, 0.05) is 37.1 Å². The molecule has 3 fully saturated rings. The lowest BCUT2D eigenvalue weighted by atomic mass is 9.68. The number of aromatic nitrogens is 2.